The summed E-state index contributed by atoms with van der Waals surface area (Å²) in [6, 6.07) is 58.9. The zero-order valence-corrected chi connectivity index (χ0v) is 54.8. The minimum absolute atomic E-state index is 0.0926. The zero-order valence-electron chi connectivity index (χ0n) is 54.8. The lowest BCUT2D eigenvalue weighted by atomic mass is 9.92. The third-order valence-corrected chi connectivity index (χ3v) is 15.4. The predicted molar refractivity (Wildman–Crippen MR) is 395 cm³/mol. The number of carbonyl (C=O) groups is 1. The number of fused-ring (bicyclic) bond motifs is 7. The molecular formula is C80H76N16O3. The molecule has 0 spiro atoms. The van der Waals surface area contributed by atoms with Crippen LogP contribution in [0.3, 0.4) is 0 Å². The summed E-state index contributed by atoms with van der Waals surface area (Å²) in [4.78, 5) is 43.0. The third-order valence-electron chi connectivity index (χ3n) is 15.4. The Bertz CT molecular complexity index is 4240. The number of imidazole rings is 1. The fourth-order valence-electron chi connectivity index (χ4n) is 10.6. The second-order valence-corrected chi connectivity index (χ2v) is 22.1. The highest BCUT2D eigenvalue weighted by Gasteiger charge is 2.22. The Morgan fingerprint density at radius 3 is 1.68 bits per heavy atom. The number of rotatable bonds is 0. The van der Waals surface area contributed by atoms with E-state index in [9.17, 15) is 4.79 Å². The van der Waals surface area contributed by atoms with Crippen molar-refractivity contribution in [1.29, 1.82) is 0 Å². The van der Waals surface area contributed by atoms with Crippen molar-refractivity contribution in [3.63, 3.8) is 0 Å². The number of aryl methyl sites for hydroxylation is 2. The zero-order chi connectivity index (χ0) is 67.8. The number of amides is 1. The summed E-state index contributed by atoms with van der Waals surface area (Å²) >= 11 is 0. The second-order valence-electron chi connectivity index (χ2n) is 22.1. The number of oxazole rings is 1. The molecule has 6 aromatic carbocycles. The van der Waals surface area contributed by atoms with Crippen molar-refractivity contribution in [1.82, 2.24) is 65.8 Å². The molecule has 21 rings (SSSR count). The van der Waals surface area contributed by atoms with Crippen LogP contribution in [-0.2, 0) is 43.3 Å². The van der Waals surface area contributed by atoms with E-state index in [1.54, 1.807) is 85.1 Å². The standard InChI is InChI=1S/C12H15N.C9H8.3C8H7N.C8H6O.C7H5N3.C7H5NO.C4H4N2.C4H5NO.C3H4N2.C2H3N3/c1-4-10-6-2-8-13-9-3-7-11(5-1)12(10)13;1-2-5-9-7-3-6-8(9)4-1;1-2-7-4-5-9-6-8(7)3-1;3*1-2-4-8-7(3-1)5-6-9-8;1-2-6-4-9-10-5-7(6)8-3-1;1-2-4-7-6(3-1)8-5-9-7;1-2-4-6-5-3-1;6-4-2-1-3-5-4;1-2-5-3-4-1;1-3-2-5-4-1/h1,4-5H,2-3,6-9H2;1-6H,7H2;1,3-6H,2H2;2*1-4,6H,5H2;1-6H;1-5H;1-5H;1-4H;1,3H,2H2,(H,5,6);1-3H,(H,4,5);1-2H,(H,3,4,5). The van der Waals surface area contributed by atoms with Crippen LogP contribution in [-0.4, -0.2) is 91.9 Å². The number of aromatic nitrogens is 12. The smallest absolute Gasteiger partial charge is 0.227 e. The number of hydrogen-bond donors (Lipinski definition) is 3. The number of pyridine rings is 2. The van der Waals surface area contributed by atoms with E-state index in [-0.39, 0.29) is 5.91 Å². The fourth-order valence-corrected chi connectivity index (χ4v) is 10.6. The van der Waals surface area contributed by atoms with Gasteiger partial charge in [0, 0.05) is 111 Å². The molecule has 8 aromatic heterocycles. The van der Waals surface area contributed by atoms with Gasteiger partial charge in [-0.05, 0) is 150 Å². The molecule has 5 aliphatic heterocycles. The average molecular weight is 1310 g/mol. The molecule has 19 nitrogen and oxygen atoms in total. The van der Waals surface area contributed by atoms with E-state index in [0.717, 1.165) is 70.0 Å². The van der Waals surface area contributed by atoms with Crippen molar-refractivity contribution in [2.75, 3.05) is 18.0 Å². The Balaban J connectivity index is 0.000000118. The van der Waals surface area contributed by atoms with E-state index >= 15 is 0 Å². The molecule has 99 heavy (non-hydrogen) atoms. The van der Waals surface area contributed by atoms with Crippen LogP contribution in [0.4, 0.5) is 17.1 Å². The van der Waals surface area contributed by atoms with Gasteiger partial charge >= 0.3 is 0 Å². The highest BCUT2D eigenvalue weighted by Crippen LogP contribution is 2.35. The van der Waals surface area contributed by atoms with Crippen molar-refractivity contribution >= 4 is 80.5 Å². The van der Waals surface area contributed by atoms with Gasteiger partial charge in [0.05, 0.1) is 41.9 Å². The number of nitrogens with zero attached hydrogens (tertiary/aromatic N) is 13. The van der Waals surface area contributed by atoms with Gasteiger partial charge in [0.25, 0.3) is 0 Å². The van der Waals surface area contributed by atoms with Gasteiger partial charge < -0.3 is 24.0 Å². The number of para-hydroxylation sites is 6. The van der Waals surface area contributed by atoms with Crippen LogP contribution in [0.5, 0.6) is 0 Å². The highest BCUT2D eigenvalue weighted by molar-refractivity contribution is 5.81. The molecule has 1 amide bonds. The van der Waals surface area contributed by atoms with E-state index in [0.29, 0.717) is 6.42 Å². The van der Waals surface area contributed by atoms with E-state index in [4.69, 9.17) is 8.83 Å². The molecule has 7 aliphatic rings. The quantitative estimate of drug-likeness (QED) is 0.128. The normalized spacial score (nSPS) is 12.9. The highest BCUT2D eigenvalue weighted by atomic mass is 16.3. The number of hydrogen-bond acceptors (Lipinski definition) is 16. The van der Waals surface area contributed by atoms with Gasteiger partial charge in [0.1, 0.15) is 23.8 Å². The van der Waals surface area contributed by atoms with Crippen LogP contribution in [0.15, 0.2) is 307 Å². The summed E-state index contributed by atoms with van der Waals surface area (Å²) in [5.74, 6) is 0.0926. The number of nitrogens with one attached hydrogen (secondary N) is 3. The first kappa shape index (κ1) is 69.1. The number of furan rings is 1. The molecule has 0 radical (unpaired) electrons. The van der Waals surface area contributed by atoms with Crippen LogP contribution < -0.4 is 10.2 Å². The summed E-state index contributed by atoms with van der Waals surface area (Å²) < 4.78 is 10.1. The van der Waals surface area contributed by atoms with Crippen LogP contribution in [0.25, 0.3) is 45.1 Å². The van der Waals surface area contributed by atoms with Gasteiger partial charge in [-0.25, -0.2) is 15.0 Å². The molecule has 0 bridgehead atoms. The average Bonchev–Trinajstić information content (AvgIpc) is 1.54. The first-order valence-corrected chi connectivity index (χ1v) is 32.6. The van der Waals surface area contributed by atoms with Crippen molar-refractivity contribution in [3.8, 4) is 0 Å². The lowest BCUT2D eigenvalue weighted by Gasteiger charge is -2.36. The maximum absolute atomic E-state index is 10.1. The number of aromatic amines is 2. The summed E-state index contributed by atoms with van der Waals surface area (Å²) in [7, 11) is 0. The van der Waals surface area contributed by atoms with Gasteiger partial charge in [-0.1, -0.05) is 140 Å². The van der Waals surface area contributed by atoms with Crippen molar-refractivity contribution < 1.29 is 13.6 Å². The number of anilines is 1. The summed E-state index contributed by atoms with van der Waals surface area (Å²) in [6.45, 7) is 2.56. The Morgan fingerprint density at radius 2 is 1.10 bits per heavy atom. The summed E-state index contributed by atoms with van der Waals surface area (Å²) in [5, 5.41) is 25.2. The molecular weight excluding hydrogens is 1230 g/mol. The Labute approximate surface area is 575 Å². The van der Waals surface area contributed by atoms with E-state index in [1.165, 1.54) is 91.2 Å². The molecule has 2 aliphatic carbocycles. The molecule has 0 saturated carbocycles. The van der Waals surface area contributed by atoms with Gasteiger partial charge in [-0.3, -0.25) is 29.8 Å². The van der Waals surface area contributed by atoms with Gasteiger partial charge in [-0.15, -0.1) is 0 Å². The van der Waals surface area contributed by atoms with Crippen LogP contribution in [0, 0.1) is 0 Å². The first-order chi connectivity index (χ1) is 49.1. The number of H-pyrrole nitrogens is 2. The molecule has 14 aromatic rings. The van der Waals surface area contributed by atoms with E-state index in [1.807, 2.05) is 140 Å². The largest absolute Gasteiger partial charge is 0.464 e. The van der Waals surface area contributed by atoms with Crippen molar-refractivity contribution in [2.45, 2.75) is 57.8 Å². The van der Waals surface area contributed by atoms with Gasteiger partial charge in [-0.2, -0.15) is 25.5 Å². The predicted octanol–water partition coefficient (Wildman–Crippen LogP) is 16.2. The van der Waals surface area contributed by atoms with Gasteiger partial charge in [0.15, 0.2) is 12.0 Å². The maximum Gasteiger partial charge on any atom is 0.227 e. The third kappa shape index (κ3) is 23.0. The van der Waals surface area contributed by atoms with E-state index < -0.39 is 0 Å². The minimum Gasteiger partial charge on any atom is -0.464 e. The SMILES string of the molecule is C1=Cc2ccccc2C1.C1=Cc2cnccc2C1.C1=Nc2ccccc2C1.C1=Nc2ccccc2C1.O=C1CC=CN1.c1c[nH]cn1.c1cc2c3c(c1)CCCN3CCC2.c1ccc2occc2c1.c1ccc2ocnc2c1.c1ccnnc1.c1cnc2cnncc2c1.c1nc[nH]n1. The lowest BCUT2D eigenvalue weighted by molar-refractivity contribution is -0.118. The number of carbonyl (C=O) groups excluding carboxylic acids is 1. The molecule has 0 unspecified atom stereocenters. The van der Waals surface area contributed by atoms with E-state index in [2.05, 4.69) is 166 Å². The van der Waals surface area contributed by atoms with Gasteiger partial charge in [0.2, 0.25) is 5.91 Å². The molecule has 0 fully saturated rings. The topological polar surface area (TPSA) is 244 Å². The number of benzene rings is 6. The lowest BCUT2D eigenvalue weighted by Crippen LogP contribution is -2.34. The number of aliphatic imine (C=N–C) groups is 2. The van der Waals surface area contributed by atoms with Crippen molar-refractivity contribution in [3.05, 3.63) is 332 Å². The molecule has 0 saturated heterocycles. The minimum atomic E-state index is 0.0926. The van der Waals surface area contributed by atoms with Crippen LogP contribution in [0.1, 0.15) is 63.8 Å². The molecule has 494 valence electrons. The Morgan fingerprint density at radius 1 is 0.444 bits per heavy atom. The Kier molecular flexibility index (Phi) is 27.8. The Hall–Kier alpha value is -12.8. The van der Waals surface area contributed by atoms with Crippen LogP contribution in [0.2, 0.25) is 0 Å². The molecule has 0 atom stereocenters. The summed E-state index contributed by atoms with van der Waals surface area (Å²) in [6.07, 6.45) is 49.3. The molecule has 19 heteroatoms. The summed E-state index contributed by atoms with van der Waals surface area (Å²) in [5.41, 5.74) is 18.8. The van der Waals surface area contributed by atoms with Crippen LogP contribution >= 0.6 is 0 Å². The fraction of sp³-hybridized carbons (Fsp3) is 0.138. The maximum atomic E-state index is 10.1. The first-order valence-electron chi connectivity index (χ1n) is 32.6. The second kappa shape index (κ2) is 39.8. The molecule has 13 heterocycles. The van der Waals surface area contributed by atoms with Crippen molar-refractivity contribution in [2.24, 2.45) is 9.98 Å². The molecule has 3 N–H and O–H groups in total. The number of allylic oxidation sites excluding steroid dienone is 2. The monoisotopic (exact) mass is 1310 g/mol.